The van der Waals surface area contributed by atoms with Gasteiger partial charge in [0.25, 0.3) is 5.91 Å². The number of amides is 1. The molecule has 0 unspecified atom stereocenters. The van der Waals surface area contributed by atoms with Crippen LogP contribution in [0, 0.1) is 30.9 Å². The molecule has 1 amide bonds. The van der Waals surface area contributed by atoms with Gasteiger partial charge in [0, 0.05) is 11.3 Å². The Morgan fingerprint density at radius 2 is 2.00 bits per heavy atom. The maximum atomic E-state index is 14.2. The highest BCUT2D eigenvalue weighted by atomic mass is 79.9. The van der Waals surface area contributed by atoms with Crippen LogP contribution in [-0.4, -0.2) is 11.1 Å². The van der Waals surface area contributed by atoms with E-state index in [4.69, 9.17) is 11.6 Å². The second-order valence-electron chi connectivity index (χ2n) is 4.65. The van der Waals surface area contributed by atoms with Crippen LogP contribution in [0.25, 0.3) is 0 Å². The first-order chi connectivity index (χ1) is 10.9. The first-order valence-corrected chi connectivity index (χ1v) is 7.14. The average Bonchev–Trinajstić information content (AvgIpc) is 2.55. The van der Waals surface area contributed by atoms with Gasteiger partial charge in [-0.25, -0.2) is 14.3 Å². The third-order valence-corrected chi connectivity index (χ3v) is 3.74. The summed E-state index contributed by atoms with van der Waals surface area (Å²) in [6.45, 7) is 1.72. The van der Waals surface area contributed by atoms with Crippen molar-refractivity contribution in [2.75, 3.05) is 5.32 Å². The molecule has 0 aliphatic carbocycles. The van der Waals surface area contributed by atoms with Crippen molar-refractivity contribution in [1.82, 2.24) is 5.48 Å². The van der Waals surface area contributed by atoms with Crippen molar-refractivity contribution in [3.63, 3.8) is 0 Å². The van der Waals surface area contributed by atoms with E-state index in [1.54, 1.807) is 25.1 Å². The van der Waals surface area contributed by atoms with Gasteiger partial charge in [-0.2, -0.15) is 0 Å². The second-order valence-corrected chi connectivity index (χ2v) is 5.50. The van der Waals surface area contributed by atoms with Crippen molar-refractivity contribution in [1.29, 1.82) is 0 Å². The fraction of sp³-hybridized carbons (Fsp3) is 0.0625. The molecule has 0 saturated heterocycles. The topological polar surface area (TPSA) is 61.4 Å². The molecule has 0 saturated carbocycles. The Balaban J connectivity index is 2.57. The molecule has 0 heterocycles. The quantitative estimate of drug-likeness (QED) is 0.327. The average molecular weight is 381 g/mol. The maximum Gasteiger partial charge on any atom is 0.276 e. The van der Waals surface area contributed by atoms with Crippen molar-refractivity contribution < 1.29 is 18.8 Å². The van der Waals surface area contributed by atoms with Crippen molar-refractivity contribution in [3.05, 3.63) is 57.1 Å². The molecule has 3 N–H and O–H groups in total. The van der Waals surface area contributed by atoms with Crippen LogP contribution in [0.15, 0.2) is 28.7 Å². The van der Waals surface area contributed by atoms with Gasteiger partial charge in [-0.3, -0.25) is 10.0 Å². The molecule has 0 radical (unpaired) electrons. The van der Waals surface area contributed by atoms with Gasteiger partial charge in [0.2, 0.25) is 0 Å². The van der Waals surface area contributed by atoms with Gasteiger partial charge in [0.05, 0.1) is 15.7 Å². The molecule has 4 nitrogen and oxygen atoms in total. The normalized spacial score (nSPS) is 10.1. The molecule has 2 aromatic rings. The van der Waals surface area contributed by atoms with Crippen LogP contribution >= 0.6 is 15.9 Å². The van der Waals surface area contributed by atoms with E-state index >= 15 is 0 Å². The number of terminal acetylenes is 1. The largest absolute Gasteiger partial charge is 0.352 e. The summed E-state index contributed by atoms with van der Waals surface area (Å²) in [5.74, 6) is -0.925. The lowest BCUT2D eigenvalue weighted by atomic mass is 10.1. The lowest BCUT2D eigenvalue weighted by Crippen LogP contribution is -2.21. The molecule has 0 spiro atoms. The summed E-state index contributed by atoms with van der Waals surface area (Å²) < 4.78 is 27.8. The summed E-state index contributed by atoms with van der Waals surface area (Å²) in [6.07, 6.45) is 5.30. The Kier molecular flexibility index (Phi) is 4.98. The predicted molar refractivity (Wildman–Crippen MR) is 85.7 cm³/mol. The number of carbonyl (C=O) groups is 1. The third kappa shape index (κ3) is 3.33. The fourth-order valence-corrected chi connectivity index (χ4v) is 2.39. The van der Waals surface area contributed by atoms with Crippen molar-refractivity contribution in [3.8, 4) is 12.3 Å². The molecule has 118 valence electrons. The standard InChI is InChI=1S/C16H11BrF2N2O2/c1-3-9-4-5-12(8(2)6-9)20-15-10(16(22)21-23)7-11(17)13(18)14(15)19/h1,4-7,20,23H,2H3,(H,21,22). The van der Waals surface area contributed by atoms with Crippen LogP contribution in [0.5, 0.6) is 0 Å². The maximum absolute atomic E-state index is 14.2. The minimum Gasteiger partial charge on any atom is -0.352 e. The lowest BCUT2D eigenvalue weighted by molar-refractivity contribution is 0.0706. The molecule has 7 heteroatoms. The van der Waals surface area contributed by atoms with E-state index in [9.17, 15) is 13.6 Å². The van der Waals surface area contributed by atoms with E-state index in [1.165, 1.54) is 5.48 Å². The SMILES string of the molecule is C#Cc1ccc(Nc2c(C(=O)NO)cc(Br)c(F)c2F)c(C)c1. The van der Waals surface area contributed by atoms with E-state index in [1.807, 2.05) is 0 Å². The number of hydroxylamine groups is 1. The van der Waals surface area contributed by atoms with Crippen molar-refractivity contribution in [2.45, 2.75) is 6.92 Å². The minimum atomic E-state index is -1.25. The number of hydrogen-bond donors (Lipinski definition) is 3. The Labute approximate surface area is 139 Å². The molecule has 0 atom stereocenters. The predicted octanol–water partition coefficient (Wildman–Crippen LogP) is 3.88. The molecule has 0 bridgehead atoms. The zero-order valence-corrected chi connectivity index (χ0v) is 13.5. The van der Waals surface area contributed by atoms with Crippen LogP contribution < -0.4 is 10.8 Å². The summed E-state index contributed by atoms with van der Waals surface area (Å²) in [5.41, 5.74) is 2.49. The Hall–Kier alpha value is -2.43. The Morgan fingerprint density at radius 3 is 2.57 bits per heavy atom. The summed E-state index contributed by atoms with van der Waals surface area (Å²) in [7, 11) is 0. The lowest BCUT2D eigenvalue weighted by Gasteiger charge is -2.15. The molecular weight excluding hydrogens is 370 g/mol. The van der Waals surface area contributed by atoms with E-state index in [-0.39, 0.29) is 10.0 Å². The van der Waals surface area contributed by atoms with Gasteiger partial charge in [-0.05, 0) is 52.7 Å². The highest BCUT2D eigenvalue weighted by molar-refractivity contribution is 9.10. The molecule has 23 heavy (non-hydrogen) atoms. The Bertz CT molecular complexity index is 832. The van der Waals surface area contributed by atoms with Crippen molar-refractivity contribution in [2.24, 2.45) is 0 Å². The van der Waals surface area contributed by atoms with Gasteiger partial charge in [-0.15, -0.1) is 6.42 Å². The zero-order chi connectivity index (χ0) is 17.1. The number of aryl methyl sites for hydroxylation is 1. The smallest absolute Gasteiger partial charge is 0.276 e. The number of rotatable bonds is 3. The number of benzene rings is 2. The molecule has 0 aliphatic rings. The molecular formula is C16H11BrF2N2O2. The van der Waals surface area contributed by atoms with Crippen LogP contribution in [0.3, 0.4) is 0 Å². The van der Waals surface area contributed by atoms with Crippen LogP contribution in [-0.2, 0) is 0 Å². The van der Waals surface area contributed by atoms with Crippen LogP contribution in [0.2, 0.25) is 0 Å². The number of anilines is 2. The molecule has 0 aromatic heterocycles. The van der Waals surface area contributed by atoms with E-state index in [2.05, 4.69) is 27.2 Å². The van der Waals surface area contributed by atoms with Crippen molar-refractivity contribution >= 4 is 33.2 Å². The highest BCUT2D eigenvalue weighted by Gasteiger charge is 2.22. The van der Waals surface area contributed by atoms with Gasteiger partial charge in [-0.1, -0.05) is 5.92 Å². The molecule has 0 aliphatic heterocycles. The Morgan fingerprint density at radius 1 is 1.30 bits per heavy atom. The monoisotopic (exact) mass is 380 g/mol. The first-order valence-electron chi connectivity index (χ1n) is 6.35. The summed E-state index contributed by atoms with van der Waals surface area (Å²) in [4.78, 5) is 11.7. The summed E-state index contributed by atoms with van der Waals surface area (Å²) in [5, 5.41) is 11.4. The summed E-state index contributed by atoms with van der Waals surface area (Å²) in [6, 6.07) is 5.96. The highest BCUT2D eigenvalue weighted by Crippen LogP contribution is 2.32. The minimum absolute atomic E-state index is 0.237. The molecule has 0 fully saturated rings. The number of carbonyl (C=O) groups excluding carboxylic acids is 1. The van der Waals surface area contributed by atoms with E-state index < -0.39 is 23.2 Å². The zero-order valence-electron chi connectivity index (χ0n) is 11.9. The third-order valence-electron chi connectivity index (χ3n) is 3.16. The number of nitrogens with one attached hydrogen (secondary N) is 2. The van der Waals surface area contributed by atoms with Gasteiger partial charge in [0.1, 0.15) is 0 Å². The van der Waals surface area contributed by atoms with Gasteiger partial charge in [0.15, 0.2) is 11.6 Å². The first kappa shape index (κ1) is 16.9. The van der Waals surface area contributed by atoms with E-state index in [0.29, 0.717) is 16.8 Å². The molecule has 2 rings (SSSR count). The summed E-state index contributed by atoms with van der Waals surface area (Å²) >= 11 is 2.82. The number of halogens is 3. The van der Waals surface area contributed by atoms with Crippen LogP contribution in [0.4, 0.5) is 20.2 Å². The van der Waals surface area contributed by atoms with Crippen LogP contribution in [0.1, 0.15) is 21.5 Å². The molecule has 2 aromatic carbocycles. The fourth-order valence-electron chi connectivity index (χ4n) is 1.98. The van der Waals surface area contributed by atoms with E-state index in [0.717, 1.165) is 6.07 Å². The number of hydrogen-bond acceptors (Lipinski definition) is 3. The second kappa shape index (κ2) is 6.77. The van der Waals surface area contributed by atoms with Gasteiger partial charge < -0.3 is 5.32 Å². The van der Waals surface area contributed by atoms with Gasteiger partial charge >= 0.3 is 0 Å².